The van der Waals surface area contributed by atoms with Crippen LogP contribution in [0.1, 0.15) is 19.3 Å². The summed E-state index contributed by atoms with van der Waals surface area (Å²) in [5.74, 6) is 0. The topological polar surface area (TPSA) is 21.3 Å². The molecule has 9 heavy (non-hydrogen) atoms. The molecule has 2 aliphatic heterocycles. The normalized spacial score (nSPS) is 48.3. The van der Waals surface area contributed by atoms with Gasteiger partial charge in [0.2, 0.25) is 0 Å². The molecule has 2 heterocycles. The van der Waals surface area contributed by atoms with Gasteiger partial charge in [0.1, 0.15) is 0 Å². The van der Waals surface area contributed by atoms with E-state index in [9.17, 15) is 0 Å². The standard InChI is InChI=1S/C7H13NO/c1-8-6-4-5-2-3-7(6)9-5/h5-8H,2-4H2,1H3/t5-,6+,7+/m1/s1. The van der Waals surface area contributed by atoms with Gasteiger partial charge in [0.15, 0.2) is 0 Å². The fourth-order valence-electron chi connectivity index (χ4n) is 1.94. The summed E-state index contributed by atoms with van der Waals surface area (Å²) in [6.45, 7) is 0. The average Bonchev–Trinajstić information content (AvgIpc) is 2.45. The van der Waals surface area contributed by atoms with Crippen LogP contribution >= 0.6 is 0 Å². The van der Waals surface area contributed by atoms with Gasteiger partial charge in [0, 0.05) is 6.04 Å². The third-order valence-electron chi connectivity index (χ3n) is 2.48. The molecule has 2 saturated heterocycles. The highest BCUT2D eigenvalue weighted by Gasteiger charge is 2.39. The first-order chi connectivity index (χ1) is 4.40. The fourth-order valence-corrected chi connectivity index (χ4v) is 1.94. The quantitative estimate of drug-likeness (QED) is 0.554. The molecule has 2 fully saturated rings. The first-order valence-corrected chi connectivity index (χ1v) is 3.73. The van der Waals surface area contributed by atoms with Crippen molar-refractivity contribution < 1.29 is 4.74 Å². The summed E-state index contributed by atoms with van der Waals surface area (Å²) in [7, 11) is 2.02. The summed E-state index contributed by atoms with van der Waals surface area (Å²) < 4.78 is 5.61. The van der Waals surface area contributed by atoms with E-state index in [-0.39, 0.29) is 0 Å². The van der Waals surface area contributed by atoms with Gasteiger partial charge in [-0.1, -0.05) is 0 Å². The molecule has 2 aliphatic rings. The monoisotopic (exact) mass is 127 g/mol. The highest BCUT2D eigenvalue weighted by Crippen LogP contribution is 2.33. The van der Waals surface area contributed by atoms with Crippen molar-refractivity contribution in [2.75, 3.05) is 7.05 Å². The molecule has 0 unspecified atom stereocenters. The zero-order valence-corrected chi connectivity index (χ0v) is 5.76. The van der Waals surface area contributed by atoms with Crippen molar-refractivity contribution >= 4 is 0 Å². The zero-order valence-electron chi connectivity index (χ0n) is 5.76. The molecule has 0 aliphatic carbocycles. The van der Waals surface area contributed by atoms with Crippen molar-refractivity contribution in [3.63, 3.8) is 0 Å². The Kier molecular flexibility index (Phi) is 1.24. The maximum Gasteiger partial charge on any atom is 0.0733 e. The lowest BCUT2D eigenvalue weighted by Crippen LogP contribution is -2.34. The van der Waals surface area contributed by atoms with Crippen molar-refractivity contribution in [1.82, 2.24) is 5.32 Å². The molecule has 0 aromatic carbocycles. The van der Waals surface area contributed by atoms with E-state index in [1.807, 2.05) is 7.05 Å². The van der Waals surface area contributed by atoms with Crippen LogP contribution in [0, 0.1) is 0 Å². The fraction of sp³-hybridized carbons (Fsp3) is 1.00. The molecule has 0 aromatic rings. The highest BCUT2D eigenvalue weighted by atomic mass is 16.5. The second-order valence-electron chi connectivity index (χ2n) is 3.00. The van der Waals surface area contributed by atoms with E-state index in [1.54, 1.807) is 0 Å². The number of hydrogen-bond acceptors (Lipinski definition) is 2. The van der Waals surface area contributed by atoms with Crippen LogP contribution < -0.4 is 5.32 Å². The molecule has 0 radical (unpaired) electrons. The Morgan fingerprint density at radius 1 is 1.44 bits per heavy atom. The molecule has 0 spiro atoms. The molecular weight excluding hydrogens is 114 g/mol. The van der Waals surface area contributed by atoms with Gasteiger partial charge in [-0.2, -0.15) is 0 Å². The van der Waals surface area contributed by atoms with Gasteiger partial charge in [-0.25, -0.2) is 0 Å². The number of ether oxygens (including phenoxy) is 1. The van der Waals surface area contributed by atoms with Crippen LogP contribution in [-0.4, -0.2) is 25.3 Å². The Bertz CT molecular complexity index is 115. The van der Waals surface area contributed by atoms with Crippen LogP contribution in [0.2, 0.25) is 0 Å². The van der Waals surface area contributed by atoms with E-state index in [2.05, 4.69) is 5.32 Å². The van der Waals surface area contributed by atoms with Crippen molar-refractivity contribution in [3.8, 4) is 0 Å². The number of fused-ring (bicyclic) bond motifs is 2. The van der Waals surface area contributed by atoms with Crippen LogP contribution in [0.3, 0.4) is 0 Å². The predicted molar refractivity (Wildman–Crippen MR) is 35.4 cm³/mol. The highest BCUT2D eigenvalue weighted by molar-refractivity contribution is 4.92. The number of likely N-dealkylation sites (N-methyl/N-ethyl adjacent to an activating group) is 1. The molecular formula is C7H13NO. The third-order valence-corrected chi connectivity index (χ3v) is 2.48. The molecule has 2 rings (SSSR count). The lowest BCUT2D eigenvalue weighted by atomic mass is 9.96. The molecule has 0 aromatic heterocycles. The predicted octanol–water partition coefficient (Wildman–Crippen LogP) is 0.526. The summed E-state index contributed by atoms with van der Waals surface area (Å²) in [4.78, 5) is 0. The van der Waals surface area contributed by atoms with Crippen LogP contribution in [0.4, 0.5) is 0 Å². The summed E-state index contributed by atoms with van der Waals surface area (Å²) in [5, 5.41) is 3.27. The van der Waals surface area contributed by atoms with E-state index >= 15 is 0 Å². The van der Waals surface area contributed by atoms with E-state index in [4.69, 9.17) is 4.74 Å². The summed E-state index contributed by atoms with van der Waals surface area (Å²) in [6.07, 6.45) is 4.94. The maximum absolute atomic E-state index is 5.61. The Hall–Kier alpha value is -0.0800. The van der Waals surface area contributed by atoms with Gasteiger partial charge in [-0.3, -0.25) is 0 Å². The van der Waals surface area contributed by atoms with Gasteiger partial charge in [-0.05, 0) is 26.3 Å². The van der Waals surface area contributed by atoms with Gasteiger partial charge in [0.25, 0.3) is 0 Å². The first kappa shape index (κ1) is 5.69. The Morgan fingerprint density at radius 3 is 2.67 bits per heavy atom. The van der Waals surface area contributed by atoms with Crippen molar-refractivity contribution in [1.29, 1.82) is 0 Å². The Labute approximate surface area is 55.6 Å². The maximum atomic E-state index is 5.61. The number of nitrogens with one attached hydrogen (secondary N) is 1. The molecule has 2 bridgehead atoms. The van der Waals surface area contributed by atoms with E-state index in [0.717, 1.165) is 0 Å². The molecule has 3 atom stereocenters. The van der Waals surface area contributed by atoms with Gasteiger partial charge in [0.05, 0.1) is 12.2 Å². The summed E-state index contributed by atoms with van der Waals surface area (Å²) >= 11 is 0. The minimum absolute atomic E-state index is 0.542. The molecule has 0 amide bonds. The second-order valence-corrected chi connectivity index (χ2v) is 3.00. The van der Waals surface area contributed by atoms with E-state index < -0.39 is 0 Å². The molecule has 0 saturated carbocycles. The SMILES string of the molecule is CN[C@H]1C[C@H]2CC[C@@H]1O2. The van der Waals surface area contributed by atoms with E-state index in [0.29, 0.717) is 18.2 Å². The van der Waals surface area contributed by atoms with Crippen LogP contribution in [0.5, 0.6) is 0 Å². The lowest BCUT2D eigenvalue weighted by molar-refractivity contribution is 0.0983. The molecule has 2 heteroatoms. The van der Waals surface area contributed by atoms with Crippen LogP contribution in [0.25, 0.3) is 0 Å². The number of rotatable bonds is 1. The van der Waals surface area contributed by atoms with E-state index in [1.165, 1.54) is 19.3 Å². The smallest absolute Gasteiger partial charge is 0.0733 e. The van der Waals surface area contributed by atoms with Gasteiger partial charge >= 0.3 is 0 Å². The third kappa shape index (κ3) is 0.775. The van der Waals surface area contributed by atoms with Crippen molar-refractivity contribution in [2.45, 2.75) is 37.5 Å². The first-order valence-electron chi connectivity index (χ1n) is 3.73. The minimum atomic E-state index is 0.542. The molecule has 1 N–H and O–H groups in total. The molecule has 52 valence electrons. The Balaban J connectivity index is 2.01. The zero-order chi connectivity index (χ0) is 6.27. The van der Waals surface area contributed by atoms with Crippen molar-refractivity contribution in [2.24, 2.45) is 0 Å². The number of hydrogen-bond donors (Lipinski definition) is 1. The summed E-state index contributed by atoms with van der Waals surface area (Å²) in [5.41, 5.74) is 0. The van der Waals surface area contributed by atoms with Gasteiger partial charge in [-0.15, -0.1) is 0 Å². The van der Waals surface area contributed by atoms with Crippen molar-refractivity contribution in [3.05, 3.63) is 0 Å². The second kappa shape index (κ2) is 1.96. The summed E-state index contributed by atoms with van der Waals surface area (Å²) in [6, 6.07) is 0.656. The molecule has 2 nitrogen and oxygen atoms in total. The Morgan fingerprint density at radius 2 is 2.33 bits per heavy atom. The van der Waals surface area contributed by atoms with Gasteiger partial charge < -0.3 is 10.1 Å². The largest absolute Gasteiger partial charge is 0.373 e. The lowest BCUT2D eigenvalue weighted by Gasteiger charge is -2.16. The van der Waals surface area contributed by atoms with Crippen LogP contribution in [-0.2, 0) is 4.74 Å². The van der Waals surface area contributed by atoms with Crippen LogP contribution in [0.15, 0.2) is 0 Å². The minimum Gasteiger partial charge on any atom is -0.373 e. The average molecular weight is 127 g/mol.